The first-order valence-electron chi connectivity index (χ1n) is 4.82. The Morgan fingerprint density at radius 1 is 1.36 bits per heavy atom. The molecule has 0 bridgehead atoms. The third-order valence-electron chi connectivity index (χ3n) is 2.34. The first kappa shape index (κ1) is 9.84. The number of hydrogen-bond acceptors (Lipinski definition) is 2. The summed E-state index contributed by atoms with van der Waals surface area (Å²) in [6, 6.07) is 6.14. The minimum Gasteiger partial charge on any atom is -0.454 e. The molecule has 14 heavy (non-hydrogen) atoms. The zero-order valence-corrected chi connectivity index (χ0v) is 9.71. The normalized spacial score (nSPS) is 15.6. The van der Waals surface area contributed by atoms with E-state index in [9.17, 15) is 0 Å². The highest BCUT2D eigenvalue weighted by Gasteiger charge is 2.13. The molecule has 1 aliphatic rings. The second-order valence-corrected chi connectivity index (χ2v) is 4.69. The van der Waals surface area contributed by atoms with Gasteiger partial charge in [0.05, 0.1) is 0 Å². The van der Waals surface area contributed by atoms with E-state index in [-0.39, 0.29) is 0 Å². The van der Waals surface area contributed by atoms with Gasteiger partial charge in [-0.15, -0.1) is 0 Å². The monoisotopic (exact) mass is 256 g/mol. The number of hydrogen-bond donors (Lipinski definition) is 0. The van der Waals surface area contributed by atoms with Gasteiger partial charge < -0.3 is 9.47 Å². The van der Waals surface area contributed by atoms with E-state index in [0.717, 1.165) is 24.3 Å². The van der Waals surface area contributed by atoms with E-state index in [1.165, 1.54) is 5.56 Å². The molecular formula is C11H13BrO2. The molecule has 1 aromatic rings. The molecule has 2 nitrogen and oxygen atoms in total. The van der Waals surface area contributed by atoms with Crippen LogP contribution >= 0.6 is 15.9 Å². The summed E-state index contributed by atoms with van der Waals surface area (Å²) < 4.78 is 10.6. The highest BCUT2D eigenvalue weighted by molar-refractivity contribution is 9.09. The minimum atomic E-state index is 0.351. The fourth-order valence-electron chi connectivity index (χ4n) is 1.47. The highest BCUT2D eigenvalue weighted by atomic mass is 79.9. The molecule has 0 saturated carbocycles. The Kier molecular flexibility index (Phi) is 2.96. The van der Waals surface area contributed by atoms with Crippen molar-refractivity contribution in [1.82, 2.24) is 0 Å². The lowest BCUT2D eigenvalue weighted by molar-refractivity contribution is 0.174. The molecule has 0 N–H and O–H groups in total. The Morgan fingerprint density at radius 3 is 2.93 bits per heavy atom. The van der Waals surface area contributed by atoms with Gasteiger partial charge in [-0.2, -0.15) is 0 Å². The van der Waals surface area contributed by atoms with Crippen LogP contribution < -0.4 is 9.47 Å². The SMILES string of the molecule is CCC(Br)Cc1ccc2c(c1)OCO2. The molecule has 1 atom stereocenters. The van der Waals surface area contributed by atoms with E-state index < -0.39 is 0 Å². The summed E-state index contributed by atoms with van der Waals surface area (Å²) in [6.45, 7) is 2.52. The summed E-state index contributed by atoms with van der Waals surface area (Å²) in [5, 5.41) is 0. The summed E-state index contributed by atoms with van der Waals surface area (Å²) in [6.07, 6.45) is 2.17. The average Bonchev–Trinajstić information content (AvgIpc) is 2.64. The molecule has 1 heterocycles. The van der Waals surface area contributed by atoms with Gasteiger partial charge in [-0.3, -0.25) is 0 Å². The lowest BCUT2D eigenvalue weighted by atomic mass is 10.1. The van der Waals surface area contributed by atoms with Gasteiger partial charge in [0.25, 0.3) is 0 Å². The zero-order chi connectivity index (χ0) is 9.97. The molecule has 1 aromatic carbocycles. The molecule has 1 unspecified atom stereocenters. The zero-order valence-electron chi connectivity index (χ0n) is 8.13. The van der Waals surface area contributed by atoms with Crippen molar-refractivity contribution in [2.24, 2.45) is 0 Å². The molecule has 0 radical (unpaired) electrons. The Bertz CT molecular complexity index is 325. The Hall–Kier alpha value is -0.700. The van der Waals surface area contributed by atoms with Crippen molar-refractivity contribution >= 4 is 15.9 Å². The van der Waals surface area contributed by atoms with Crippen molar-refractivity contribution < 1.29 is 9.47 Å². The molecule has 0 amide bonds. The lowest BCUT2D eigenvalue weighted by Gasteiger charge is -2.07. The smallest absolute Gasteiger partial charge is 0.231 e. The first-order valence-corrected chi connectivity index (χ1v) is 5.73. The second-order valence-electron chi connectivity index (χ2n) is 3.40. The van der Waals surface area contributed by atoms with Crippen LogP contribution in [0.15, 0.2) is 18.2 Å². The van der Waals surface area contributed by atoms with Crippen LogP contribution in [0.4, 0.5) is 0 Å². The predicted octanol–water partition coefficient (Wildman–Crippen LogP) is 3.13. The van der Waals surface area contributed by atoms with Crippen LogP contribution in [0.3, 0.4) is 0 Å². The van der Waals surface area contributed by atoms with Crippen LogP contribution in [0.25, 0.3) is 0 Å². The largest absolute Gasteiger partial charge is 0.454 e. The first-order chi connectivity index (χ1) is 6.79. The van der Waals surface area contributed by atoms with Crippen molar-refractivity contribution in [2.45, 2.75) is 24.6 Å². The van der Waals surface area contributed by atoms with Gasteiger partial charge in [-0.25, -0.2) is 0 Å². The van der Waals surface area contributed by atoms with E-state index in [0.29, 0.717) is 11.6 Å². The van der Waals surface area contributed by atoms with E-state index >= 15 is 0 Å². The fraction of sp³-hybridized carbons (Fsp3) is 0.455. The second kappa shape index (κ2) is 4.22. The van der Waals surface area contributed by atoms with Crippen LogP contribution in [0.2, 0.25) is 0 Å². The quantitative estimate of drug-likeness (QED) is 0.774. The van der Waals surface area contributed by atoms with Gasteiger partial charge in [0.2, 0.25) is 6.79 Å². The van der Waals surface area contributed by atoms with Gasteiger partial charge >= 0.3 is 0 Å². The fourth-order valence-corrected chi connectivity index (χ4v) is 1.84. The summed E-state index contributed by atoms with van der Waals surface area (Å²) in [5.41, 5.74) is 1.29. The Morgan fingerprint density at radius 2 is 2.14 bits per heavy atom. The Balaban J connectivity index is 2.12. The third kappa shape index (κ3) is 2.03. The van der Waals surface area contributed by atoms with E-state index in [1.54, 1.807) is 0 Å². The maximum atomic E-state index is 5.32. The van der Waals surface area contributed by atoms with Gasteiger partial charge in [-0.1, -0.05) is 28.9 Å². The predicted molar refractivity (Wildman–Crippen MR) is 59.3 cm³/mol. The number of fused-ring (bicyclic) bond motifs is 1. The molecule has 76 valence electrons. The molecular weight excluding hydrogens is 244 g/mol. The molecule has 2 rings (SSSR count). The van der Waals surface area contributed by atoms with E-state index in [4.69, 9.17) is 9.47 Å². The van der Waals surface area contributed by atoms with Gasteiger partial charge in [0.1, 0.15) is 0 Å². The van der Waals surface area contributed by atoms with Crippen LogP contribution in [0, 0.1) is 0 Å². The van der Waals surface area contributed by atoms with Gasteiger partial charge in [-0.05, 0) is 30.5 Å². The summed E-state index contributed by atoms with van der Waals surface area (Å²) in [4.78, 5) is 0.544. The number of rotatable bonds is 3. The molecule has 0 saturated heterocycles. The van der Waals surface area contributed by atoms with Crippen molar-refractivity contribution in [3.63, 3.8) is 0 Å². The van der Waals surface area contributed by atoms with Crippen molar-refractivity contribution in [2.75, 3.05) is 6.79 Å². The van der Waals surface area contributed by atoms with E-state index in [1.807, 2.05) is 6.07 Å². The van der Waals surface area contributed by atoms with Gasteiger partial charge in [0, 0.05) is 4.83 Å². The molecule has 0 aromatic heterocycles. The highest BCUT2D eigenvalue weighted by Crippen LogP contribution is 2.33. The summed E-state index contributed by atoms with van der Waals surface area (Å²) in [5.74, 6) is 1.73. The number of benzene rings is 1. The maximum Gasteiger partial charge on any atom is 0.231 e. The number of halogens is 1. The van der Waals surface area contributed by atoms with Crippen LogP contribution in [0.1, 0.15) is 18.9 Å². The van der Waals surface area contributed by atoms with Crippen molar-refractivity contribution in [1.29, 1.82) is 0 Å². The standard InChI is InChI=1S/C11H13BrO2/c1-2-9(12)5-8-3-4-10-11(6-8)14-7-13-10/h3-4,6,9H,2,5,7H2,1H3. The average molecular weight is 257 g/mol. The summed E-state index contributed by atoms with van der Waals surface area (Å²) >= 11 is 3.62. The molecule has 3 heteroatoms. The number of ether oxygens (including phenoxy) is 2. The van der Waals surface area contributed by atoms with Crippen molar-refractivity contribution in [3.05, 3.63) is 23.8 Å². The number of alkyl halides is 1. The molecule has 0 aliphatic carbocycles. The van der Waals surface area contributed by atoms with Gasteiger partial charge in [0.15, 0.2) is 11.5 Å². The third-order valence-corrected chi connectivity index (χ3v) is 3.31. The van der Waals surface area contributed by atoms with Crippen molar-refractivity contribution in [3.8, 4) is 11.5 Å². The Labute approximate surface area is 92.3 Å². The lowest BCUT2D eigenvalue weighted by Crippen LogP contribution is -2.00. The van der Waals surface area contributed by atoms with E-state index in [2.05, 4.69) is 35.0 Å². The minimum absolute atomic E-state index is 0.351. The summed E-state index contributed by atoms with van der Waals surface area (Å²) in [7, 11) is 0. The van der Waals surface area contributed by atoms with Crippen LogP contribution in [0.5, 0.6) is 11.5 Å². The molecule has 0 spiro atoms. The van der Waals surface area contributed by atoms with Crippen LogP contribution in [-0.2, 0) is 6.42 Å². The van der Waals surface area contributed by atoms with Crippen LogP contribution in [-0.4, -0.2) is 11.6 Å². The molecule has 0 fully saturated rings. The molecule has 1 aliphatic heterocycles. The maximum absolute atomic E-state index is 5.32. The topological polar surface area (TPSA) is 18.5 Å².